The van der Waals surface area contributed by atoms with Crippen molar-refractivity contribution in [2.75, 3.05) is 50.8 Å². The number of aromatic nitrogens is 6. The molecule has 2 saturated heterocycles. The summed E-state index contributed by atoms with van der Waals surface area (Å²) in [4.78, 5) is 39.0. The molecule has 0 aliphatic carbocycles. The van der Waals surface area contributed by atoms with Crippen LogP contribution in [0, 0.1) is 0 Å². The van der Waals surface area contributed by atoms with Crippen molar-refractivity contribution in [1.82, 2.24) is 38.9 Å². The molecule has 4 aromatic rings. The zero-order valence-electron chi connectivity index (χ0n) is 24.5. The molecule has 2 aliphatic rings. The molecule has 0 spiro atoms. The Labute approximate surface area is 239 Å². The van der Waals surface area contributed by atoms with Gasteiger partial charge in [-0.15, -0.1) is 0 Å². The SMILES string of the molecule is CCc1nc2ccccc2n1-c1nc(N2CCOCC2)c2nc(CN3CCN(C(=O)[C@@H](C)O)CC3(C)C)n(C)c2n1. The number of amides is 1. The number of hydrogen-bond acceptors (Lipinski definition) is 9. The van der Waals surface area contributed by atoms with Gasteiger partial charge in [0.15, 0.2) is 17.0 Å². The van der Waals surface area contributed by atoms with Crippen molar-refractivity contribution in [2.45, 2.75) is 52.3 Å². The lowest BCUT2D eigenvalue weighted by Gasteiger charge is -2.47. The fourth-order valence-corrected chi connectivity index (χ4v) is 5.96. The van der Waals surface area contributed by atoms with E-state index in [4.69, 9.17) is 24.7 Å². The summed E-state index contributed by atoms with van der Waals surface area (Å²) in [5.41, 5.74) is 3.15. The van der Waals surface area contributed by atoms with Gasteiger partial charge < -0.3 is 24.2 Å². The predicted molar refractivity (Wildman–Crippen MR) is 156 cm³/mol. The number of hydrogen-bond donors (Lipinski definition) is 1. The Morgan fingerprint density at radius 1 is 1.05 bits per heavy atom. The number of fused-ring (bicyclic) bond motifs is 2. The molecule has 1 amide bonds. The van der Waals surface area contributed by atoms with Crippen LogP contribution in [0.15, 0.2) is 24.3 Å². The highest BCUT2D eigenvalue weighted by atomic mass is 16.5. The first kappa shape index (κ1) is 27.6. The topological polar surface area (TPSA) is 118 Å². The summed E-state index contributed by atoms with van der Waals surface area (Å²) >= 11 is 0. The molecule has 0 bridgehead atoms. The smallest absolute Gasteiger partial charge is 0.251 e. The third-order valence-corrected chi connectivity index (χ3v) is 8.31. The Morgan fingerprint density at radius 3 is 2.51 bits per heavy atom. The van der Waals surface area contributed by atoms with Gasteiger partial charge in [0.25, 0.3) is 5.91 Å². The first-order chi connectivity index (χ1) is 19.7. The Kier molecular flexibility index (Phi) is 7.16. The number of carbonyl (C=O) groups excluding carboxylic acids is 1. The number of ether oxygens (including phenoxy) is 1. The van der Waals surface area contributed by atoms with Crippen molar-refractivity contribution in [1.29, 1.82) is 0 Å². The van der Waals surface area contributed by atoms with Crippen molar-refractivity contribution in [3.8, 4) is 5.95 Å². The van der Waals surface area contributed by atoms with Crippen LogP contribution in [0.2, 0.25) is 0 Å². The van der Waals surface area contributed by atoms with Crippen molar-refractivity contribution in [3.05, 3.63) is 35.9 Å². The van der Waals surface area contributed by atoms with Gasteiger partial charge in [0.05, 0.1) is 30.8 Å². The van der Waals surface area contributed by atoms with Crippen LogP contribution in [-0.2, 0) is 29.5 Å². The van der Waals surface area contributed by atoms with Crippen LogP contribution in [0.5, 0.6) is 0 Å². The van der Waals surface area contributed by atoms with Gasteiger partial charge in [-0.25, -0.2) is 9.97 Å². The molecule has 2 aliphatic heterocycles. The first-order valence-electron chi connectivity index (χ1n) is 14.4. The van der Waals surface area contributed by atoms with Crippen LogP contribution in [0.1, 0.15) is 39.3 Å². The van der Waals surface area contributed by atoms with E-state index in [1.165, 1.54) is 6.92 Å². The molecule has 1 N–H and O–H groups in total. The number of aryl methyl sites for hydroxylation is 2. The van der Waals surface area contributed by atoms with E-state index in [1.54, 1.807) is 4.90 Å². The molecule has 12 heteroatoms. The number of aliphatic hydroxyl groups excluding tert-OH is 1. The Bertz CT molecular complexity index is 1590. The van der Waals surface area contributed by atoms with Crippen molar-refractivity contribution in [3.63, 3.8) is 0 Å². The highest BCUT2D eigenvalue weighted by Gasteiger charge is 2.37. The monoisotopic (exact) mass is 561 g/mol. The summed E-state index contributed by atoms with van der Waals surface area (Å²) in [6, 6.07) is 8.09. The second-order valence-electron chi connectivity index (χ2n) is 11.6. The number of anilines is 1. The third-order valence-electron chi connectivity index (χ3n) is 8.31. The second kappa shape index (κ2) is 10.7. The lowest BCUT2D eigenvalue weighted by Crippen LogP contribution is -2.61. The van der Waals surface area contributed by atoms with Crippen LogP contribution in [0.3, 0.4) is 0 Å². The van der Waals surface area contributed by atoms with E-state index in [2.05, 4.69) is 45.8 Å². The number of carbonyl (C=O) groups is 1. The zero-order valence-corrected chi connectivity index (χ0v) is 24.5. The van der Waals surface area contributed by atoms with E-state index in [1.807, 2.05) is 25.2 Å². The second-order valence-corrected chi connectivity index (χ2v) is 11.6. The molecule has 3 aromatic heterocycles. The largest absolute Gasteiger partial charge is 0.384 e. The summed E-state index contributed by atoms with van der Waals surface area (Å²) in [7, 11) is 2.01. The van der Waals surface area contributed by atoms with Crippen LogP contribution in [0.25, 0.3) is 28.1 Å². The minimum Gasteiger partial charge on any atom is -0.384 e. The van der Waals surface area contributed by atoms with Crippen molar-refractivity contribution < 1.29 is 14.6 Å². The quantitative estimate of drug-likeness (QED) is 0.377. The van der Waals surface area contributed by atoms with E-state index in [0.717, 1.165) is 59.2 Å². The van der Waals surface area contributed by atoms with Crippen molar-refractivity contribution in [2.24, 2.45) is 7.05 Å². The van der Waals surface area contributed by atoms with Gasteiger partial charge in [0.1, 0.15) is 17.8 Å². The first-order valence-corrected chi connectivity index (χ1v) is 14.4. The van der Waals surface area contributed by atoms with Crippen LogP contribution >= 0.6 is 0 Å². The maximum atomic E-state index is 12.5. The fourth-order valence-electron chi connectivity index (χ4n) is 5.96. The van der Waals surface area contributed by atoms with Gasteiger partial charge in [-0.1, -0.05) is 19.1 Å². The Balaban J connectivity index is 1.42. The number of morpholine rings is 1. The minimum absolute atomic E-state index is 0.225. The number of benzene rings is 1. The maximum Gasteiger partial charge on any atom is 0.251 e. The number of rotatable bonds is 6. The molecule has 0 saturated carbocycles. The summed E-state index contributed by atoms with van der Waals surface area (Å²) < 4.78 is 9.78. The summed E-state index contributed by atoms with van der Waals surface area (Å²) in [5, 5.41) is 9.83. The van der Waals surface area contributed by atoms with Gasteiger partial charge in [-0.05, 0) is 32.9 Å². The number of nitrogens with zero attached hydrogens (tertiary/aromatic N) is 9. The highest BCUT2D eigenvalue weighted by molar-refractivity contribution is 5.86. The van der Waals surface area contributed by atoms with Crippen LogP contribution in [-0.4, -0.2) is 107 Å². The average molecular weight is 562 g/mol. The van der Waals surface area contributed by atoms with E-state index in [0.29, 0.717) is 45.3 Å². The molecule has 0 radical (unpaired) electrons. The summed E-state index contributed by atoms with van der Waals surface area (Å²) in [5.74, 6) is 2.96. The van der Waals surface area contributed by atoms with Gasteiger partial charge in [0, 0.05) is 51.7 Å². The molecule has 0 unspecified atom stereocenters. The van der Waals surface area contributed by atoms with E-state index in [9.17, 15) is 9.90 Å². The number of piperazine rings is 1. The van der Waals surface area contributed by atoms with Crippen molar-refractivity contribution >= 4 is 33.9 Å². The number of imidazole rings is 2. The molecule has 1 aromatic carbocycles. The van der Waals surface area contributed by atoms with Crippen LogP contribution < -0.4 is 4.90 Å². The lowest BCUT2D eigenvalue weighted by molar-refractivity contribution is -0.144. The molecule has 1 atom stereocenters. The maximum absolute atomic E-state index is 12.5. The molecular formula is C29H39N9O3. The molecule has 2 fully saturated rings. The molecule has 6 rings (SSSR count). The molecular weight excluding hydrogens is 522 g/mol. The third kappa shape index (κ3) is 4.93. The molecule has 218 valence electrons. The van der Waals surface area contributed by atoms with Crippen LogP contribution in [0.4, 0.5) is 5.82 Å². The summed E-state index contributed by atoms with van der Waals surface area (Å²) in [6.45, 7) is 13.0. The minimum atomic E-state index is -0.996. The number of aliphatic hydroxyl groups is 1. The Hall–Kier alpha value is -3.61. The van der Waals surface area contributed by atoms with Gasteiger partial charge in [-0.2, -0.15) is 9.97 Å². The molecule has 12 nitrogen and oxygen atoms in total. The standard InChI is InChI=1S/C29H39N9O3/c1-6-22-30-20-9-7-8-10-21(20)38(22)28-32-25-24(26(33-28)35-13-15-41-16-14-35)31-23(34(25)5)17-37-12-11-36(18-29(37,3)4)27(40)19(2)39/h7-10,19,39H,6,11-18H2,1-5H3/t19-/m1/s1. The zero-order chi connectivity index (χ0) is 28.9. The molecule has 41 heavy (non-hydrogen) atoms. The number of para-hydroxylation sites is 2. The highest BCUT2D eigenvalue weighted by Crippen LogP contribution is 2.30. The van der Waals surface area contributed by atoms with Gasteiger partial charge in [-0.3, -0.25) is 14.3 Å². The van der Waals surface area contributed by atoms with Gasteiger partial charge >= 0.3 is 0 Å². The average Bonchev–Trinajstić information content (AvgIpc) is 3.50. The van der Waals surface area contributed by atoms with E-state index >= 15 is 0 Å². The predicted octanol–water partition coefficient (Wildman–Crippen LogP) is 1.90. The normalized spacial score (nSPS) is 18.9. The fraction of sp³-hybridized carbons (Fsp3) is 0.552. The lowest BCUT2D eigenvalue weighted by atomic mass is 9.98. The van der Waals surface area contributed by atoms with E-state index < -0.39 is 6.10 Å². The molecule has 5 heterocycles. The van der Waals surface area contributed by atoms with E-state index in [-0.39, 0.29) is 11.4 Å². The Morgan fingerprint density at radius 2 is 1.80 bits per heavy atom. The van der Waals surface area contributed by atoms with Gasteiger partial charge in [0.2, 0.25) is 5.95 Å². The summed E-state index contributed by atoms with van der Waals surface area (Å²) in [6.07, 6.45) is -0.248.